The fraction of sp³-hybridized carbons (Fsp3) is 0.273. The summed E-state index contributed by atoms with van der Waals surface area (Å²) >= 11 is 5.92. The van der Waals surface area contributed by atoms with Crippen LogP contribution in [0.3, 0.4) is 0 Å². The molecule has 4 nitrogen and oxygen atoms in total. The van der Waals surface area contributed by atoms with E-state index in [0.717, 1.165) is 27.9 Å². The van der Waals surface area contributed by atoms with Crippen LogP contribution in [-0.2, 0) is 7.05 Å². The van der Waals surface area contributed by atoms with Gasteiger partial charge in [-0.1, -0.05) is 11.6 Å². The number of nitrogens with zero attached hydrogens (tertiary/aromatic N) is 3. The Bertz CT molecular complexity index is 519. The molecule has 0 unspecified atom stereocenters. The minimum Gasteiger partial charge on any atom is -0.357 e. The molecule has 0 bridgehead atoms. The van der Waals surface area contributed by atoms with Crippen LogP contribution in [0.2, 0.25) is 5.02 Å². The maximum atomic E-state index is 5.92. The first kappa shape index (κ1) is 11.0. The quantitative estimate of drug-likeness (QED) is 0.871. The minimum absolute atomic E-state index is 0.734. The maximum Gasteiger partial charge on any atom is 0.224 e. The molecular formula is C11H13ClN4. The highest BCUT2D eigenvalue weighted by Crippen LogP contribution is 2.25. The number of benzene rings is 1. The summed E-state index contributed by atoms with van der Waals surface area (Å²) in [6.07, 6.45) is 0. The highest BCUT2D eigenvalue weighted by molar-refractivity contribution is 6.30. The van der Waals surface area contributed by atoms with E-state index in [2.05, 4.69) is 15.5 Å². The number of hydrogen-bond acceptors (Lipinski definition) is 3. The lowest BCUT2D eigenvalue weighted by molar-refractivity contribution is 0.924. The fourth-order valence-corrected chi connectivity index (χ4v) is 1.89. The molecule has 0 aliphatic heterocycles. The molecule has 1 aromatic heterocycles. The van der Waals surface area contributed by atoms with Gasteiger partial charge >= 0.3 is 0 Å². The van der Waals surface area contributed by atoms with Gasteiger partial charge in [0.1, 0.15) is 0 Å². The maximum absolute atomic E-state index is 5.92. The molecule has 16 heavy (non-hydrogen) atoms. The topological polar surface area (TPSA) is 42.7 Å². The molecule has 0 atom stereocenters. The van der Waals surface area contributed by atoms with Gasteiger partial charge in [0.15, 0.2) is 5.82 Å². The Morgan fingerprint density at radius 2 is 2.06 bits per heavy atom. The number of aromatic nitrogens is 3. The van der Waals surface area contributed by atoms with Gasteiger partial charge in [0.25, 0.3) is 0 Å². The van der Waals surface area contributed by atoms with Gasteiger partial charge in [0, 0.05) is 24.7 Å². The van der Waals surface area contributed by atoms with Crippen LogP contribution < -0.4 is 5.32 Å². The summed E-state index contributed by atoms with van der Waals surface area (Å²) in [6.45, 7) is 2.01. The lowest BCUT2D eigenvalue weighted by Gasteiger charge is -2.06. The summed E-state index contributed by atoms with van der Waals surface area (Å²) in [4.78, 5) is 0. The molecule has 0 aliphatic carbocycles. The summed E-state index contributed by atoms with van der Waals surface area (Å²) in [5, 5.41) is 11.9. The molecule has 1 aromatic carbocycles. The van der Waals surface area contributed by atoms with Crippen molar-refractivity contribution in [1.29, 1.82) is 0 Å². The third kappa shape index (κ3) is 1.76. The van der Waals surface area contributed by atoms with Gasteiger partial charge in [-0.3, -0.25) is 4.57 Å². The Kier molecular flexibility index (Phi) is 2.83. The molecule has 0 radical (unpaired) electrons. The highest BCUT2D eigenvalue weighted by atomic mass is 35.5. The number of aryl methyl sites for hydroxylation is 1. The van der Waals surface area contributed by atoms with Crippen molar-refractivity contribution in [3.05, 3.63) is 28.8 Å². The minimum atomic E-state index is 0.734. The molecule has 0 saturated carbocycles. The molecule has 2 aromatic rings. The normalized spacial score (nSPS) is 10.5. The first-order valence-electron chi connectivity index (χ1n) is 4.97. The van der Waals surface area contributed by atoms with Gasteiger partial charge in [-0.05, 0) is 30.7 Å². The second-order valence-corrected chi connectivity index (χ2v) is 4.05. The van der Waals surface area contributed by atoms with E-state index in [1.807, 2.05) is 43.8 Å². The number of halogens is 1. The molecule has 2 rings (SSSR count). The van der Waals surface area contributed by atoms with Crippen molar-refractivity contribution in [3.8, 4) is 11.4 Å². The molecule has 0 fully saturated rings. The van der Waals surface area contributed by atoms with E-state index in [-0.39, 0.29) is 0 Å². The molecule has 1 N–H and O–H groups in total. The molecule has 84 valence electrons. The SMILES string of the molecule is CNc1nnc(-c2ccc(Cl)cc2C)n1C. The van der Waals surface area contributed by atoms with Crippen LogP contribution in [0.15, 0.2) is 18.2 Å². The summed E-state index contributed by atoms with van der Waals surface area (Å²) in [5.74, 6) is 1.57. The number of nitrogens with one attached hydrogen (secondary N) is 1. The molecule has 5 heteroatoms. The van der Waals surface area contributed by atoms with Crippen LogP contribution in [0.4, 0.5) is 5.95 Å². The lowest BCUT2D eigenvalue weighted by Crippen LogP contribution is -2.00. The molecular weight excluding hydrogens is 224 g/mol. The van der Waals surface area contributed by atoms with Gasteiger partial charge in [0.2, 0.25) is 5.95 Å². The smallest absolute Gasteiger partial charge is 0.224 e. The van der Waals surface area contributed by atoms with Gasteiger partial charge in [-0.15, -0.1) is 10.2 Å². The Balaban J connectivity index is 2.54. The van der Waals surface area contributed by atoms with Crippen LogP contribution in [0, 0.1) is 6.92 Å². The molecule has 0 aliphatic rings. The van der Waals surface area contributed by atoms with Gasteiger partial charge in [-0.2, -0.15) is 0 Å². The third-order valence-electron chi connectivity index (χ3n) is 2.53. The zero-order valence-electron chi connectivity index (χ0n) is 9.45. The van der Waals surface area contributed by atoms with Crippen LogP contribution in [0.5, 0.6) is 0 Å². The summed E-state index contributed by atoms with van der Waals surface area (Å²) in [6, 6.07) is 5.74. The van der Waals surface area contributed by atoms with Crippen LogP contribution in [0.25, 0.3) is 11.4 Å². The number of rotatable bonds is 2. The Labute approximate surface area is 99.3 Å². The van der Waals surface area contributed by atoms with Crippen molar-refractivity contribution in [2.45, 2.75) is 6.92 Å². The van der Waals surface area contributed by atoms with Crippen molar-refractivity contribution >= 4 is 17.5 Å². The Morgan fingerprint density at radius 1 is 1.31 bits per heavy atom. The van der Waals surface area contributed by atoms with Gasteiger partial charge in [-0.25, -0.2) is 0 Å². The van der Waals surface area contributed by atoms with Gasteiger partial charge in [0.05, 0.1) is 0 Å². The monoisotopic (exact) mass is 236 g/mol. The van der Waals surface area contributed by atoms with Gasteiger partial charge < -0.3 is 5.32 Å². The largest absolute Gasteiger partial charge is 0.357 e. The van der Waals surface area contributed by atoms with Crippen molar-refractivity contribution in [2.24, 2.45) is 7.05 Å². The van der Waals surface area contributed by atoms with E-state index >= 15 is 0 Å². The van der Waals surface area contributed by atoms with Crippen LogP contribution >= 0.6 is 11.6 Å². The Hall–Kier alpha value is -1.55. The van der Waals surface area contributed by atoms with Crippen LogP contribution in [-0.4, -0.2) is 21.8 Å². The summed E-state index contributed by atoms with van der Waals surface area (Å²) < 4.78 is 1.91. The van der Waals surface area contributed by atoms with E-state index < -0.39 is 0 Å². The van der Waals surface area contributed by atoms with E-state index in [1.165, 1.54) is 0 Å². The predicted molar refractivity (Wildman–Crippen MR) is 65.7 cm³/mol. The first-order chi connectivity index (χ1) is 7.63. The number of anilines is 1. The highest BCUT2D eigenvalue weighted by Gasteiger charge is 2.11. The number of hydrogen-bond donors (Lipinski definition) is 1. The zero-order chi connectivity index (χ0) is 11.7. The molecule has 1 heterocycles. The van der Waals surface area contributed by atoms with Crippen molar-refractivity contribution in [2.75, 3.05) is 12.4 Å². The van der Waals surface area contributed by atoms with Crippen LogP contribution in [0.1, 0.15) is 5.56 Å². The van der Waals surface area contributed by atoms with E-state index in [1.54, 1.807) is 0 Å². The molecule has 0 amide bonds. The third-order valence-corrected chi connectivity index (χ3v) is 2.76. The Morgan fingerprint density at radius 3 is 2.62 bits per heavy atom. The lowest BCUT2D eigenvalue weighted by atomic mass is 10.1. The van der Waals surface area contributed by atoms with E-state index in [4.69, 9.17) is 11.6 Å². The standard InChI is InChI=1S/C11H13ClN4/c1-7-6-8(12)4-5-9(7)10-14-15-11(13-2)16(10)3/h4-6H,1-3H3,(H,13,15). The van der Waals surface area contributed by atoms with E-state index in [0.29, 0.717) is 0 Å². The second-order valence-electron chi connectivity index (χ2n) is 3.62. The van der Waals surface area contributed by atoms with Crippen molar-refractivity contribution < 1.29 is 0 Å². The average molecular weight is 237 g/mol. The van der Waals surface area contributed by atoms with Crippen molar-refractivity contribution in [1.82, 2.24) is 14.8 Å². The molecule has 0 saturated heterocycles. The van der Waals surface area contributed by atoms with Crippen molar-refractivity contribution in [3.63, 3.8) is 0 Å². The van der Waals surface area contributed by atoms with E-state index in [9.17, 15) is 0 Å². The zero-order valence-corrected chi connectivity index (χ0v) is 10.2. The second kappa shape index (κ2) is 4.14. The predicted octanol–water partition coefficient (Wildman–Crippen LogP) is 2.49. The average Bonchev–Trinajstić information content (AvgIpc) is 2.60. The summed E-state index contributed by atoms with van der Waals surface area (Å²) in [7, 11) is 3.75. The molecule has 0 spiro atoms. The summed E-state index contributed by atoms with van der Waals surface area (Å²) in [5.41, 5.74) is 2.13. The first-order valence-corrected chi connectivity index (χ1v) is 5.35. The fourth-order valence-electron chi connectivity index (χ4n) is 1.66.